The van der Waals surface area contributed by atoms with Crippen LogP contribution in [0.4, 0.5) is 10.1 Å². The van der Waals surface area contributed by atoms with Gasteiger partial charge in [0, 0.05) is 20.1 Å². The minimum atomic E-state index is -2.87. The summed E-state index contributed by atoms with van der Waals surface area (Å²) in [6, 6.07) is 12.8. The van der Waals surface area contributed by atoms with E-state index in [1.54, 1.807) is 6.07 Å². The Balaban J connectivity index is 1.86. The molecule has 5 nitrogen and oxygen atoms in total. The maximum absolute atomic E-state index is 14.1. The van der Waals surface area contributed by atoms with Crippen molar-refractivity contribution >= 4 is 33.9 Å². The third-order valence-corrected chi connectivity index (χ3v) is 5.33. The number of halogens is 1. The first-order chi connectivity index (χ1) is 13.1. The highest BCUT2D eigenvalue weighted by Crippen LogP contribution is 2.22. The highest BCUT2D eigenvalue weighted by Gasteiger charge is 2.13. The van der Waals surface area contributed by atoms with Crippen LogP contribution < -0.4 is 14.9 Å². The summed E-state index contributed by atoms with van der Waals surface area (Å²) in [5, 5.41) is 6.61. The van der Waals surface area contributed by atoms with Crippen LogP contribution in [0.3, 0.4) is 0 Å². The van der Waals surface area contributed by atoms with Crippen LogP contribution in [0.2, 0.25) is 0 Å². The smallest absolute Gasteiger partial charge is 0.224 e. The summed E-state index contributed by atoms with van der Waals surface area (Å²) in [5.41, 5.74) is 3.18. The van der Waals surface area contributed by atoms with Gasteiger partial charge in [-0.1, -0.05) is 51.1 Å². The van der Waals surface area contributed by atoms with Crippen molar-refractivity contribution in [3.63, 3.8) is 0 Å². The molecule has 0 aliphatic carbocycles. The molecule has 0 atom stereocenters. The Hall–Kier alpha value is -2.19. The van der Waals surface area contributed by atoms with Crippen molar-refractivity contribution in [3.8, 4) is 0 Å². The predicted molar refractivity (Wildman–Crippen MR) is 117 cm³/mol. The maximum atomic E-state index is 14.1. The zero-order valence-electron chi connectivity index (χ0n) is 16.5. The van der Waals surface area contributed by atoms with Crippen molar-refractivity contribution in [3.05, 3.63) is 65.0 Å². The lowest BCUT2D eigenvalue weighted by atomic mass is 9.87. The number of nitrogens with one attached hydrogen (secondary N) is 2. The van der Waals surface area contributed by atoms with Gasteiger partial charge in [-0.25, -0.2) is 12.8 Å². The van der Waals surface area contributed by atoms with Crippen LogP contribution >= 0.6 is 12.2 Å². The van der Waals surface area contributed by atoms with E-state index < -0.39 is 16.7 Å². The van der Waals surface area contributed by atoms with Crippen LogP contribution in [0.5, 0.6) is 0 Å². The molecule has 2 rings (SSSR count). The SMILES string of the molecule is CN(c1ccc(CNC(=S)NCc2ccc(C(C)(C)C)cc2)cc1F)[SH](=O)=O. The second-order valence-corrected chi connectivity index (χ2v) is 9.01. The Labute approximate surface area is 173 Å². The van der Waals surface area contributed by atoms with Crippen LogP contribution in [0.1, 0.15) is 37.5 Å². The molecule has 0 amide bonds. The first-order valence-corrected chi connectivity index (χ1v) is 10.4. The number of rotatable bonds is 6. The monoisotopic (exact) mass is 423 g/mol. The van der Waals surface area contributed by atoms with Crippen LogP contribution in [-0.2, 0) is 29.4 Å². The minimum Gasteiger partial charge on any atom is -0.359 e. The number of anilines is 1. The quantitative estimate of drug-likeness (QED) is 0.492. The third kappa shape index (κ3) is 6.17. The van der Waals surface area contributed by atoms with Crippen molar-refractivity contribution in [1.82, 2.24) is 10.6 Å². The molecule has 152 valence electrons. The number of hydrogen-bond donors (Lipinski definition) is 3. The normalized spacial score (nSPS) is 11.4. The second kappa shape index (κ2) is 9.34. The highest BCUT2D eigenvalue weighted by molar-refractivity contribution is 7.80. The molecular weight excluding hydrogens is 397 g/mol. The van der Waals surface area contributed by atoms with Gasteiger partial charge in [0.05, 0.1) is 5.69 Å². The Bertz CT molecular complexity index is 899. The molecule has 28 heavy (non-hydrogen) atoms. The van der Waals surface area contributed by atoms with Gasteiger partial charge in [-0.15, -0.1) is 0 Å². The summed E-state index contributed by atoms with van der Waals surface area (Å²) < 4.78 is 36.9. The van der Waals surface area contributed by atoms with Gasteiger partial charge in [0.25, 0.3) is 0 Å². The van der Waals surface area contributed by atoms with Crippen LogP contribution in [0.15, 0.2) is 42.5 Å². The van der Waals surface area contributed by atoms with E-state index in [9.17, 15) is 12.8 Å². The minimum absolute atomic E-state index is 0.0132. The lowest BCUT2D eigenvalue weighted by molar-refractivity contribution is 0.590. The van der Waals surface area contributed by atoms with E-state index in [-0.39, 0.29) is 11.1 Å². The molecule has 0 spiro atoms. The lowest BCUT2D eigenvalue weighted by Gasteiger charge is -2.19. The molecule has 0 aliphatic heterocycles. The van der Waals surface area contributed by atoms with Gasteiger partial charge < -0.3 is 10.6 Å². The Morgan fingerprint density at radius 1 is 1.04 bits per heavy atom. The average Bonchev–Trinajstić information content (AvgIpc) is 2.63. The Kier molecular flexibility index (Phi) is 7.37. The van der Waals surface area contributed by atoms with Crippen LogP contribution in [0.25, 0.3) is 0 Å². The summed E-state index contributed by atoms with van der Waals surface area (Å²) in [5.74, 6) is -0.598. The Morgan fingerprint density at radius 2 is 1.57 bits per heavy atom. The van der Waals surface area contributed by atoms with Gasteiger partial charge in [-0.2, -0.15) is 0 Å². The van der Waals surface area contributed by atoms with Crippen LogP contribution in [-0.4, -0.2) is 20.6 Å². The predicted octanol–water partition coefficient (Wildman–Crippen LogP) is 3.25. The molecule has 2 N–H and O–H groups in total. The summed E-state index contributed by atoms with van der Waals surface area (Å²) in [6.45, 7) is 7.44. The number of benzene rings is 2. The summed E-state index contributed by atoms with van der Waals surface area (Å²) >= 11 is 5.27. The van der Waals surface area contributed by atoms with Gasteiger partial charge in [-0.05, 0) is 46.5 Å². The fourth-order valence-corrected chi connectivity index (χ4v) is 3.04. The van der Waals surface area contributed by atoms with E-state index in [0.717, 1.165) is 9.87 Å². The number of thiocarbonyl (C=S) groups is 1. The van der Waals surface area contributed by atoms with Crippen molar-refractivity contribution in [2.24, 2.45) is 0 Å². The molecule has 8 heteroatoms. The molecule has 0 radical (unpaired) electrons. The zero-order valence-corrected chi connectivity index (χ0v) is 18.2. The van der Waals surface area contributed by atoms with E-state index >= 15 is 0 Å². The third-order valence-electron chi connectivity index (χ3n) is 4.33. The summed E-state index contributed by atoms with van der Waals surface area (Å²) in [7, 11) is -1.57. The molecule has 0 saturated heterocycles. The molecule has 2 aromatic rings. The molecular formula is C20H26FN3O2S2. The van der Waals surface area contributed by atoms with Gasteiger partial charge >= 0.3 is 0 Å². The van der Waals surface area contributed by atoms with Gasteiger partial charge in [0.1, 0.15) is 5.82 Å². The Morgan fingerprint density at radius 3 is 2.07 bits per heavy atom. The fourth-order valence-electron chi connectivity index (χ4n) is 2.56. The summed E-state index contributed by atoms with van der Waals surface area (Å²) in [6.07, 6.45) is 0. The summed E-state index contributed by atoms with van der Waals surface area (Å²) in [4.78, 5) is 0. The lowest BCUT2D eigenvalue weighted by Crippen LogP contribution is -2.34. The first kappa shape index (κ1) is 22.1. The first-order valence-electron chi connectivity index (χ1n) is 8.85. The van der Waals surface area contributed by atoms with E-state index in [0.29, 0.717) is 23.8 Å². The van der Waals surface area contributed by atoms with E-state index in [1.807, 2.05) is 0 Å². The highest BCUT2D eigenvalue weighted by atomic mass is 32.2. The number of thiol groups is 1. The molecule has 2 aromatic carbocycles. The molecule has 0 fully saturated rings. The number of hydrogen-bond acceptors (Lipinski definition) is 3. The van der Waals surface area contributed by atoms with E-state index in [1.165, 1.54) is 24.7 Å². The molecule has 0 aromatic heterocycles. The molecule has 0 bridgehead atoms. The topological polar surface area (TPSA) is 61.4 Å². The fraction of sp³-hybridized carbons (Fsp3) is 0.350. The maximum Gasteiger partial charge on any atom is 0.224 e. The van der Waals surface area contributed by atoms with Gasteiger partial charge in [0.2, 0.25) is 10.9 Å². The van der Waals surface area contributed by atoms with Gasteiger partial charge in [0.15, 0.2) is 5.11 Å². The van der Waals surface area contributed by atoms with Gasteiger partial charge in [-0.3, -0.25) is 4.31 Å². The average molecular weight is 424 g/mol. The standard InChI is InChI=1S/C20H26FN3O2S2/c1-20(2,3)16-8-5-14(6-9-16)12-22-19(27)23-13-15-7-10-18(17(21)11-15)24(4)28(25)26/h5-11,28H,12-13H2,1-4H3,(H2,22,23,27). The van der Waals surface area contributed by atoms with Crippen molar-refractivity contribution in [2.75, 3.05) is 11.4 Å². The van der Waals surface area contributed by atoms with Crippen molar-refractivity contribution < 1.29 is 12.8 Å². The van der Waals surface area contributed by atoms with E-state index in [2.05, 4.69) is 55.7 Å². The van der Waals surface area contributed by atoms with Crippen LogP contribution in [0, 0.1) is 5.82 Å². The van der Waals surface area contributed by atoms with Crippen molar-refractivity contribution in [1.29, 1.82) is 0 Å². The molecule has 0 aliphatic rings. The molecule has 0 saturated carbocycles. The zero-order chi connectivity index (χ0) is 20.9. The van der Waals surface area contributed by atoms with E-state index in [4.69, 9.17) is 12.2 Å². The largest absolute Gasteiger partial charge is 0.359 e. The molecule has 0 heterocycles. The second-order valence-electron chi connectivity index (χ2n) is 7.53. The van der Waals surface area contributed by atoms with Crippen molar-refractivity contribution in [2.45, 2.75) is 39.3 Å². The number of nitrogens with zero attached hydrogens (tertiary/aromatic N) is 1. The molecule has 0 unspecified atom stereocenters.